The third-order valence-electron chi connectivity index (χ3n) is 5.95. The molecule has 0 aliphatic heterocycles. The Morgan fingerprint density at radius 2 is 2.15 bits per heavy atom. The molecule has 4 rings (SSSR count). The molecule has 1 aliphatic rings. The Morgan fingerprint density at radius 1 is 1.35 bits per heavy atom. The zero-order valence-electron chi connectivity index (χ0n) is 14.9. The molecule has 0 saturated heterocycles. The number of aliphatic carboxylic acids is 1. The summed E-state index contributed by atoms with van der Waals surface area (Å²) in [5.74, 6) is -1.07. The molecule has 1 aliphatic carbocycles. The summed E-state index contributed by atoms with van der Waals surface area (Å²) in [6, 6.07) is 11.0. The van der Waals surface area contributed by atoms with Crippen LogP contribution in [0.25, 0.3) is 10.9 Å². The summed E-state index contributed by atoms with van der Waals surface area (Å²) in [6.45, 7) is 1.67. The highest BCUT2D eigenvalue weighted by molar-refractivity contribution is 5.83. The van der Waals surface area contributed by atoms with E-state index in [1.54, 1.807) is 19.1 Å². The van der Waals surface area contributed by atoms with Crippen LogP contribution in [0.1, 0.15) is 41.9 Å². The summed E-state index contributed by atoms with van der Waals surface area (Å²) in [6.07, 6.45) is 3.60. The van der Waals surface area contributed by atoms with Crippen LogP contribution >= 0.6 is 0 Å². The van der Waals surface area contributed by atoms with Crippen LogP contribution in [0, 0.1) is 12.7 Å². The molecule has 3 aromatic rings. The first kappa shape index (κ1) is 16.8. The Kier molecular flexibility index (Phi) is 3.83. The van der Waals surface area contributed by atoms with Crippen LogP contribution in [0.5, 0.6) is 0 Å². The summed E-state index contributed by atoms with van der Waals surface area (Å²) >= 11 is 0. The predicted octanol–water partition coefficient (Wildman–Crippen LogP) is 4.31. The molecule has 0 radical (unpaired) electrons. The average molecular weight is 352 g/mol. The molecule has 1 N–H and O–H groups in total. The fourth-order valence-corrected chi connectivity index (χ4v) is 4.45. The van der Waals surface area contributed by atoms with Gasteiger partial charge in [0.25, 0.3) is 0 Å². The van der Waals surface area contributed by atoms with Crippen molar-refractivity contribution in [3.05, 3.63) is 65.1 Å². The number of carbonyl (C=O) groups is 1. The largest absolute Gasteiger partial charge is 0.481 e. The van der Waals surface area contributed by atoms with E-state index in [1.165, 1.54) is 6.07 Å². The van der Waals surface area contributed by atoms with Crippen molar-refractivity contribution in [2.75, 3.05) is 0 Å². The molecular formula is C21H21FN2O2. The third-order valence-corrected chi connectivity index (χ3v) is 5.95. The molecule has 1 fully saturated rings. The Hall–Kier alpha value is -2.69. The Balaban J connectivity index is 1.73. The van der Waals surface area contributed by atoms with Crippen molar-refractivity contribution in [2.45, 2.75) is 37.5 Å². The Bertz CT molecular complexity index is 1010. The SMILES string of the molecule is Cc1c(F)cccc1C1(C(=O)O)CCC(c2ccc3c(cnn3C)c2)C1. The summed E-state index contributed by atoms with van der Waals surface area (Å²) in [5, 5.41) is 15.4. The van der Waals surface area contributed by atoms with E-state index in [0.29, 0.717) is 24.0 Å². The van der Waals surface area contributed by atoms with E-state index in [1.807, 2.05) is 24.0 Å². The number of fused-ring (bicyclic) bond motifs is 1. The molecule has 134 valence electrons. The maximum Gasteiger partial charge on any atom is 0.314 e. The lowest BCUT2D eigenvalue weighted by atomic mass is 9.75. The lowest BCUT2D eigenvalue weighted by Gasteiger charge is -2.27. The number of carboxylic acids is 1. The summed E-state index contributed by atoms with van der Waals surface area (Å²) in [5.41, 5.74) is 2.20. The molecular weight excluding hydrogens is 331 g/mol. The summed E-state index contributed by atoms with van der Waals surface area (Å²) in [7, 11) is 1.90. The number of nitrogens with zero attached hydrogens (tertiary/aromatic N) is 2. The normalized spacial score (nSPS) is 22.8. The minimum absolute atomic E-state index is 0.137. The monoisotopic (exact) mass is 352 g/mol. The van der Waals surface area contributed by atoms with Gasteiger partial charge in [-0.25, -0.2) is 4.39 Å². The highest BCUT2D eigenvalue weighted by Crippen LogP contribution is 2.49. The number of benzene rings is 2. The molecule has 26 heavy (non-hydrogen) atoms. The number of carboxylic acid groups (broad SMARTS) is 1. The first-order chi connectivity index (χ1) is 12.4. The van der Waals surface area contributed by atoms with Gasteiger partial charge < -0.3 is 5.11 Å². The second kappa shape index (κ2) is 5.94. The predicted molar refractivity (Wildman–Crippen MR) is 97.8 cm³/mol. The topological polar surface area (TPSA) is 55.1 Å². The van der Waals surface area contributed by atoms with Gasteiger partial charge in [0.2, 0.25) is 0 Å². The Morgan fingerprint density at radius 3 is 2.92 bits per heavy atom. The van der Waals surface area contributed by atoms with Gasteiger partial charge in [-0.05, 0) is 67.0 Å². The molecule has 1 aromatic heterocycles. The zero-order chi connectivity index (χ0) is 18.5. The highest BCUT2D eigenvalue weighted by atomic mass is 19.1. The van der Waals surface area contributed by atoms with Crippen LogP contribution in [-0.4, -0.2) is 20.9 Å². The number of aromatic nitrogens is 2. The van der Waals surface area contributed by atoms with Crippen molar-refractivity contribution >= 4 is 16.9 Å². The van der Waals surface area contributed by atoms with Crippen molar-refractivity contribution in [1.29, 1.82) is 0 Å². The number of hydrogen-bond acceptors (Lipinski definition) is 2. The maximum absolute atomic E-state index is 14.1. The van der Waals surface area contributed by atoms with Gasteiger partial charge in [-0.15, -0.1) is 0 Å². The molecule has 0 amide bonds. The number of aryl methyl sites for hydroxylation is 1. The van der Waals surface area contributed by atoms with Crippen molar-refractivity contribution in [3.8, 4) is 0 Å². The molecule has 1 heterocycles. The van der Waals surface area contributed by atoms with E-state index < -0.39 is 11.4 Å². The van der Waals surface area contributed by atoms with Gasteiger partial charge in [0.05, 0.1) is 17.1 Å². The molecule has 2 atom stereocenters. The van der Waals surface area contributed by atoms with E-state index in [2.05, 4.69) is 17.2 Å². The van der Waals surface area contributed by atoms with Gasteiger partial charge in [-0.3, -0.25) is 9.48 Å². The fraction of sp³-hybridized carbons (Fsp3) is 0.333. The smallest absolute Gasteiger partial charge is 0.314 e. The van der Waals surface area contributed by atoms with Crippen LogP contribution in [0.3, 0.4) is 0 Å². The molecule has 2 unspecified atom stereocenters. The minimum atomic E-state index is -1.03. The van der Waals surface area contributed by atoms with Crippen molar-refractivity contribution < 1.29 is 14.3 Å². The van der Waals surface area contributed by atoms with Crippen LogP contribution in [0.2, 0.25) is 0 Å². The minimum Gasteiger partial charge on any atom is -0.481 e. The van der Waals surface area contributed by atoms with Crippen LogP contribution in [0.15, 0.2) is 42.6 Å². The maximum atomic E-state index is 14.1. The number of rotatable bonds is 3. The van der Waals surface area contributed by atoms with E-state index in [4.69, 9.17) is 0 Å². The lowest BCUT2D eigenvalue weighted by molar-refractivity contribution is -0.143. The highest BCUT2D eigenvalue weighted by Gasteiger charge is 2.48. The van der Waals surface area contributed by atoms with Gasteiger partial charge in [0, 0.05) is 12.4 Å². The van der Waals surface area contributed by atoms with E-state index >= 15 is 0 Å². The summed E-state index contributed by atoms with van der Waals surface area (Å²) in [4.78, 5) is 12.2. The van der Waals surface area contributed by atoms with Gasteiger partial charge in [0.15, 0.2) is 0 Å². The second-order valence-electron chi connectivity index (χ2n) is 7.33. The number of halogens is 1. The molecule has 0 bridgehead atoms. The summed E-state index contributed by atoms with van der Waals surface area (Å²) < 4.78 is 15.9. The first-order valence-corrected chi connectivity index (χ1v) is 8.83. The first-order valence-electron chi connectivity index (χ1n) is 8.83. The van der Waals surface area contributed by atoms with Crippen LogP contribution in [0.4, 0.5) is 4.39 Å². The van der Waals surface area contributed by atoms with Gasteiger partial charge in [0.1, 0.15) is 5.82 Å². The molecule has 2 aromatic carbocycles. The van der Waals surface area contributed by atoms with Crippen molar-refractivity contribution in [2.24, 2.45) is 7.05 Å². The van der Waals surface area contributed by atoms with E-state index in [0.717, 1.165) is 22.9 Å². The number of hydrogen-bond donors (Lipinski definition) is 1. The van der Waals surface area contributed by atoms with Crippen molar-refractivity contribution in [3.63, 3.8) is 0 Å². The van der Waals surface area contributed by atoms with Gasteiger partial charge in [-0.1, -0.05) is 18.2 Å². The molecule has 0 spiro atoms. The lowest BCUT2D eigenvalue weighted by Crippen LogP contribution is -2.34. The Labute approximate surface area is 151 Å². The van der Waals surface area contributed by atoms with E-state index in [-0.39, 0.29) is 11.7 Å². The molecule has 5 heteroatoms. The van der Waals surface area contributed by atoms with Gasteiger partial charge in [-0.2, -0.15) is 5.10 Å². The third kappa shape index (κ3) is 2.42. The average Bonchev–Trinajstić information content (AvgIpc) is 3.22. The molecule has 1 saturated carbocycles. The second-order valence-corrected chi connectivity index (χ2v) is 7.33. The van der Waals surface area contributed by atoms with Crippen LogP contribution in [-0.2, 0) is 17.3 Å². The zero-order valence-corrected chi connectivity index (χ0v) is 14.9. The van der Waals surface area contributed by atoms with E-state index in [9.17, 15) is 14.3 Å². The van der Waals surface area contributed by atoms with Crippen LogP contribution < -0.4 is 0 Å². The quantitative estimate of drug-likeness (QED) is 0.764. The standard InChI is InChI=1S/C21H21FN2O2/c1-13-17(4-3-5-18(13)22)21(20(25)26)9-8-15(11-21)14-6-7-19-16(10-14)12-23-24(19)2/h3-7,10,12,15H,8-9,11H2,1-2H3,(H,25,26). The van der Waals surface area contributed by atoms with Gasteiger partial charge >= 0.3 is 5.97 Å². The fourth-order valence-electron chi connectivity index (χ4n) is 4.45. The molecule has 4 nitrogen and oxygen atoms in total. The van der Waals surface area contributed by atoms with Crippen molar-refractivity contribution in [1.82, 2.24) is 9.78 Å².